The van der Waals surface area contributed by atoms with Crippen LogP contribution < -0.4 is 10.2 Å². The molecule has 0 radical (unpaired) electrons. The molecule has 1 saturated heterocycles. The van der Waals surface area contributed by atoms with E-state index in [0.717, 1.165) is 0 Å². The van der Waals surface area contributed by atoms with Crippen molar-refractivity contribution >= 4 is 27.4 Å². The lowest BCUT2D eigenvalue weighted by Crippen LogP contribution is -2.49. The van der Waals surface area contributed by atoms with Gasteiger partial charge in [0.25, 0.3) is 0 Å². The van der Waals surface area contributed by atoms with Crippen LogP contribution in [-0.2, 0) is 6.18 Å². The molecular formula is C19H18F3N7OS. The first-order chi connectivity index (χ1) is 14.8. The van der Waals surface area contributed by atoms with Gasteiger partial charge in [0.2, 0.25) is 16.7 Å². The number of nitrogens with one attached hydrogen (secondary N) is 2. The van der Waals surface area contributed by atoms with E-state index in [0.29, 0.717) is 70.1 Å². The first kappa shape index (κ1) is 19.9. The fraction of sp³-hybridized carbons (Fsp3) is 0.368. The van der Waals surface area contributed by atoms with E-state index < -0.39 is 11.2 Å². The number of hydrogen-bond acceptors (Lipinski definition) is 8. The van der Waals surface area contributed by atoms with Crippen LogP contribution in [0.4, 0.5) is 18.2 Å². The molecule has 4 heterocycles. The molecule has 2 N–H and O–H groups in total. The second kappa shape index (κ2) is 7.31. The molecule has 4 aromatic rings. The fourth-order valence-corrected chi connectivity index (χ4v) is 4.57. The molecule has 1 atom stereocenters. The monoisotopic (exact) mass is 449 g/mol. The first-order valence-electron chi connectivity index (χ1n) is 9.65. The molecule has 12 heteroatoms. The Kier molecular flexibility index (Phi) is 4.70. The van der Waals surface area contributed by atoms with Crippen LogP contribution in [-0.4, -0.2) is 50.8 Å². The van der Waals surface area contributed by atoms with Gasteiger partial charge in [0.1, 0.15) is 10.7 Å². The van der Waals surface area contributed by atoms with E-state index in [-0.39, 0.29) is 11.7 Å². The molecule has 0 spiro atoms. The Hall–Kier alpha value is -2.99. The van der Waals surface area contributed by atoms with Crippen molar-refractivity contribution < 1.29 is 17.7 Å². The number of rotatable bonds is 3. The number of aromatic amines is 1. The van der Waals surface area contributed by atoms with Crippen molar-refractivity contribution in [2.75, 3.05) is 24.5 Å². The number of imidazole rings is 1. The summed E-state index contributed by atoms with van der Waals surface area (Å²) in [6, 6.07) is 5.51. The molecule has 0 unspecified atom stereocenters. The summed E-state index contributed by atoms with van der Waals surface area (Å²) in [7, 11) is 0. The third-order valence-electron chi connectivity index (χ3n) is 5.00. The SMILES string of the molecule is Cc1nc(-c2ccc3nc(-c4nc(C(F)(F)F)sc4N4CCN[C@H](C)C4)[nH]c3c2)no1. The summed E-state index contributed by atoms with van der Waals surface area (Å²) >= 11 is 0.652. The highest BCUT2D eigenvalue weighted by molar-refractivity contribution is 7.16. The summed E-state index contributed by atoms with van der Waals surface area (Å²) in [6.45, 7) is 5.57. The van der Waals surface area contributed by atoms with Crippen LogP contribution in [0.25, 0.3) is 33.9 Å². The predicted octanol–water partition coefficient (Wildman–Crippen LogP) is 3.86. The van der Waals surface area contributed by atoms with Gasteiger partial charge >= 0.3 is 6.18 Å². The molecule has 1 fully saturated rings. The highest BCUT2D eigenvalue weighted by atomic mass is 32.1. The zero-order valence-electron chi connectivity index (χ0n) is 16.6. The van der Waals surface area contributed by atoms with Crippen LogP contribution in [0.2, 0.25) is 0 Å². The smallest absolute Gasteiger partial charge is 0.359 e. The van der Waals surface area contributed by atoms with Crippen LogP contribution >= 0.6 is 11.3 Å². The van der Waals surface area contributed by atoms with Gasteiger partial charge in [-0.25, -0.2) is 9.97 Å². The van der Waals surface area contributed by atoms with E-state index in [2.05, 4.69) is 30.4 Å². The van der Waals surface area contributed by atoms with Crippen molar-refractivity contribution in [2.24, 2.45) is 0 Å². The van der Waals surface area contributed by atoms with Crippen molar-refractivity contribution in [3.8, 4) is 22.9 Å². The third kappa shape index (κ3) is 3.76. The van der Waals surface area contributed by atoms with E-state index in [1.165, 1.54) is 0 Å². The van der Waals surface area contributed by atoms with E-state index >= 15 is 0 Å². The lowest BCUT2D eigenvalue weighted by Gasteiger charge is -2.32. The predicted molar refractivity (Wildman–Crippen MR) is 110 cm³/mol. The number of nitrogens with zero attached hydrogens (tertiary/aromatic N) is 5. The zero-order valence-corrected chi connectivity index (χ0v) is 17.4. The van der Waals surface area contributed by atoms with Crippen LogP contribution in [0.1, 0.15) is 17.8 Å². The molecule has 0 aliphatic carbocycles. The summed E-state index contributed by atoms with van der Waals surface area (Å²) in [5, 5.41) is 6.79. The number of anilines is 1. The normalized spacial score (nSPS) is 17.6. The van der Waals surface area contributed by atoms with Crippen molar-refractivity contribution in [3.63, 3.8) is 0 Å². The van der Waals surface area contributed by atoms with Crippen molar-refractivity contribution in [1.29, 1.82) is 0 Å². The maximum absolute atomic E-state index is 13.5. The number of halogens is 3. The average molecular weight is 449 g/mol. The van der Waals surface area contributed by atoms with Gasteiger partial charge in [-0.05, 0) is 25.1 Å². The standard InChI is InChI=1S/C19H18F3N7OS/c1-9-8-29(6-5-23-9)17-14(27-18(31-17)19(20,21)22)16-25-12-4-3-11(7-13(12)26-16)15-24-10(2)30-28-15/h3-4,7,9,23H,5-6,8H2,1-2H3,(H,25,26)/t9-/m1/s1. The summed E-state index contributed by atoms with van der Waals surface area (Å²) < 4.78 is 45.4. The van der Waals surface area contributed by atoms with Crippen molar-refractivity contribution in [2.45, 2.75) is 26.1 Å². The van der Waals surface area contributed by atoms with Gasteiger partial charge < -0.3 is 19.7 Å². The van der Waals surface area contributed by atoms with E-state index in [1.54, 1.807) is 25.1 Å². The number of benzene rings is 1. The number of alkyl halides is 3. The van der Waals surface area contributed by atoms with Gasteiger partial charge in [0, 0.05) is 38.2 Å². The van der Waals surface area contributed by atoms with Gasteiger partial charge in [-0.15, -0.1) is 0 Å². The van der Waals surface area contributed by atoms with Crippen molar-refractivity contribution in [3.05, 3.63) is 29.1 Å². The molecule has 0 amide bonds. The number of aromatic nitrogens is 5. The van der Waals surface area contributed by atoms with Crippen LogP contribution in [0.15, 0.2) is 22.7 Å². The minimum atomic E-state index is -4.52. The van der Waals surface area contributed by atoms with Gasteiger partial charge in [0.15, 0.2) is 5.82 Å². The molecule has 162 valence electrons. The Morgan fingerprint density at radius 1 is 1.23 bits per heavy atom. The number of piperazine rings is 1. The number of H-pyrrole nitrogens is 1. The second-order valence-corrected chi connectivity index (χ2v) is 8.40. The lowest BCUT2D eigenvalue weighted by molar-refractivity contribution is -0.137. The van der Waals surface area contributed by atoms with Gasteiger partial charge in [0.05, 0.1) is 11.0 Å². The molecule has 3 aromatic heterocycles. The summed E-state index contributed by atoms with van der Waals surface area (Å²) in [6.07, 6.45) is -4.52. The Morgan fingerprint density at radius 3 is 2.77 bits per heavy atom. The highest BCUT2D eigenvalue weighted by Crippen LogP contribution is 2.42. The highest BCUT2D eigenvalue weighted by Gasteiger charge is 2.38. The molecule has 8 nitrogen and oxygen atoms in total. The summed E-state index contributed by atoms with van der Waals surface area (Å²) in [5.74, 6) is 1.17. The Labute approximate surface area is 178 Å². The topological polar surface area (TPSA) is 95.8 Å². The molecule has 31 heavy (non-hydrogen) atoms. The number of thiazole rings is 1. The maximum atomic E-state index is 13.5. The Morgan fingerprint density at radius 2 is 2.06 bits per heavy atom. The van der Waals surface area contributed by atoms with E-state index in [4.69, 9.17) is 4.52 Å². The van der Waals surface area contributed by atoms with Gasteiger partial charge in [-0.2, -0.15) is 18.2 Å². The molecule has 1 aliphatic heterocycles. The van der Waals surface area contributed by atoms with Crippen LogP contribution in [0, 0.1) is 6.92 Å². The zero-order chi connectivity index (χ0) is 21.8. The minimum Gasteiger partial charge on any atom is -0.359 e. The van der Waals surface area contributed by atoms with Crippen LogP contribution in [0.3, 0.4) is 0 Å². The van der Waals surface area contributed by atoms with Gasteiger partial charge in [-0.1, -0.05) is 16.5 Å². The summed E-state index contributed by atoms with van der Waals surface area (Å²) in [5.41, 5.74) is 2.18. The largest absolute Gasteiger partial charge is 0.443 e. The molecule has 1 aliphatic rings. The number of hydrogen-bond donors (Lipinski definition) is 2. The molecule has 0 bridgehead atoms. The fourth-order valence-electron chi connectivity index (χ4n) is 3.60. The Bertz CT molecular complexity index is 1250. The number of aryl methyl sites for hydroxylation is 1. The van der Waals surface area contributed by atoms with Gasteiger partial charge in [-0.3, -0.25) is 0 Å². The summed E-state index contributed by atoms with van der Waals surface area (Å²) in [4.78, 5) is 17.7. The molecule has 5 rings (SSSR count). The number of fused-ring (bicyclic) bond motifs is 1. The lowest BCUT2D eigenvalue weighted by atomic mass is 10.2. The van der Waals surface area contributed by atoms with Crippen molar-refractivity contribution in [1.82, 2.24) is 30.4 Å². The maximum Gasteiger partial charge on any atom is 0.443 e. The first-order valence-corrected chi connectivity index (χ1v) is 10.5. The Balaban J connectivity index is 1.59. The molecular weight excluding hydrogens is 431 g/mol. The van der Waals surface area contributed by atoms with E-state index in [9.17, 15) is 13.2 Å². The second-order valence-electron chi connectivity index (χ2n) is 7.43. The quantitative estimate of drug-likeness (QED) is 0.490. The third-order valence-corrected chi connectivity index (χ3v) is 6.16. The molecule has 1 aromatic carbocycles. The van der Waals surface area contributed by atoms with E-state index in [1.807, 2.05) is 11.8 Å². The minimum absolute atomic E-state index is 0.162. The average Bonchev–Trinajstić information content (AvgIpc) is 3.44. The van der Waals surface area contributed by atoms with Crippen LogP contribution in [0.5, 0.6) is 0 Å². The molecule has 0 saturated carbocycles.